The van der Waals surface area contributed by atoms with Gasteiger partial charge in [-0.2, -0.15) is 22.1 Å². The number of aryl methyl sites for hydroxylation is 2. The first-order chi connectivity index (χ1) is 12.9. The van der Waals surface area contributed by atoms with E-state index in [0.29, 0.717) is 30.4 Å². The number of nitriles is 1. The van der Waals surface area contributed by atoms with Gasteiger partial charge in [0.2, 0.25) is 0 Å². The third-order valence-electron chi connectivity index (χ3n) is 3.93. The van der Waals surface area contributed by atoms with Gasteiger partial charge >= 0.3 is 5.97 Å². The lowest BCUT2D eigenvalue weighted by molar-refractivity contribution is 0.0519. The number of ether oxygens (including phenoxy) is 2. The number of hydrogen-bond donors (Lipinski definition) is 1. The van der Waals surface area contributed by atoms with E-state index < -0.39 is 5.97 Å². The Bertz CT molecular complexity index is 803. The molecule has 0 aliphatic rings. The van der Waals surface area contributed by atoms with Crippen molar-refractivity contribution in [2.45, 2.75) is 33.4 Å². The van der Waals surface area contributed by atoms with E-state index in [2.05, 4.69) is 23.2 Å². The number of carbonyl (C=O) groups is 1. The van der Waals surface area contributed by atoms with E-state index in [0.717, 1.165) is 34.1 Å². The Morgan fingerprint density at radius 3 is 2.67 bits per heavy atom. The monoisotopic (exact) mass is 387 g/mol. The van der Waals surface area contributed by atoms with E-state index in [4.69, 9.17) is 14.7 Å². The summed E-state index contributed by atoms with van der Waals surface area (Å²) in [4.78, 5) is 11.6. The lowest BCUT2D eigenvalue weighted by Crippen LogP contribution is -2.11. The molecule has 0 saturated carbocycles. The first kappa shape index (κ1) is 20.8. The van der Waals surface area contributed by atoms with Crippen LogP contribution in [0.3, 0.4) is 0 Å². The van der Waals surface area contributed by atoms with E-state index in [-0.39, 0.29) is 0 Å². The number of H-pyrrole nitrogens is 1. The van der Waals surface area contributed by atoms with Crippen LogP contribution in [-0.4, -0.2) is 35.1 Å². The number of aromatic amines is 1. The second kappa shape index (κ2) is 10.0. The molecule has 0 aliphatic carbocycles. The van der Waals surface area contributed by atoms with Gasteiger partial charge in [0.1, 0.15) is 5.75 Å². The molecule has 0 spiro atoms. The number of thioether (sulfide) groups is 1. The van der Waals surface area contributed by atoms with Crippen LogP contribution in [0.5, 0.6) is 5.75 Å². The molecule has 1 atom stereocenters. The third-order valence-corrected chi connectivity index (χ3v) is 5.25. The molecule has 6 nitrogen and oxygen atoms in total. The van der Waals surface area contributed by atoms with Crippen LogP contribution in [0.25, 0.3) is 0 Å². The summed E-state index contributed by atoms with van der Waals surface area (Å²) >= 11 is 1.75. The highest BCUT2D eigenvalue weighted by molar-refractivity contribution is 7.98. The van der Waals surface area contributed by atoms with Crippen molar-refractivity contribution in [3.8, 4) is 11.8 Å². The Morgan fingerprint density at radius 1 is 1.33 bits per heavy atom. The van der Waals surface area contributed by atoms with Crippen molar-refractivity contribution >= 4 is 17.7 Å². The molecule has 1 heterocycles. The van der Waals surface area contributed by atoms with Gasteiger partial charge in [-0.15, -0.1) is 0 Å². The van der Waals surface area contributed by atoms with Crippen molar-refractivity contribution < 1.29 is 14.3 Å². The molecule has 0 saturated heterocycles. The SMILES string of the molecule is CCOC(=O)c1cc(CSCC(C)COc2cc(C)c(C#N)c(C)c2)[nH]n1. The second-order valence-corrected chi connectivity index (χ2v) is 7.50. The van der Waals surface area contributed by atoms with Crippen molar-refractivity contribution in [3.05, 3.63) is 46.3 Å². The molecule has 0 radical (unpaired) electrons. The largest absolute Gasteiger partial charge is 0.493 e. The maximum absolute atomic E-state index is 11.6. The zero-order chi connectivity index (χ0) is 19.8. The molecule has 0 bridgehead atoms. The summed E-state index contributed by atoms with van der Waals surface area (Å²) in [6, 6.07) is 7.77. The highest BCUT2D eigenvalue weighted by atomic mass is 32.2. The standard InChI is InChI=1S/C20H25N3O3S/c1-5-25-20(24)19-8-16(22-23-19)12-27-11-13(2)10-26-17-6-14(3)18(9-21)15(4)7-17/h6-8,13H,5,10-12H2,1-4H3,(H,22,23). The lowest BCUT2D eigenvalue weighted by Gasteiger charge is -2.14. The lowest BCUT2D eigenvalue weighted by atomic mass is 10.0. The van der Waals surface area contributed by atoms with Crippen LogP contribution in [-0.2, 0) is 10.5 Å². The quantitative estimate of drug-likeness (QED) is 0.654. The normalized spacial score (nSPS) is 11.7. The Labute approximate surface area is 164 Å². The van der Waals surface area contributed by atoms with Gasteiger partial charge < -0.3 is 9.47 Å². The van der Waals surface area contributed by atoms with Crippen LogP contribution in [0.4, 0.5) is 0 Å². The van der Waals surface area contributed by atoms with Gasteiger partial charge in [0.05, 0.1) is 24.8 Å². The van der Waals surface area contributed by atoms with E-state index in [1.807, 2.05) is 26.0 Å². The fourth-order valence-electron chi connectivity index (χ4n) is 2.59. The molecule has 2 rings (SSSR count). The van der Waals surface area contributed by atoms with E-state index >= 15 is 0 Å². The number of nitrogens with zero attached hydrogens (tertiary/aromatic N) is 2. The average molecular weight is 388 g/mol. The zero-order valence-corrected chi connectivity index (χ0v) is 17.0. The van der Waals surface area contributed by atoms with Crippen molar-refractivity contribution in [3.63, 3.8) is 0 Å². The summed E-state index contributed by atoms with van der Waals surface area (Å²) in [6.45, 7) is 8.69. The molecule has 0 aliphatic heterocycles. The van der Waals surface area contributed by atoms with Crippen molar-refractivity contribution in [2.75, 3.05) is 19.0 Å². The molecule has 1 aromatic carbocycles. The number of carbonyl (C=O) groups excluding carboxylic acids is 1. The fraction of sp³-hybridized carbons (Fsp3) is 0.450. The van der Waals surface area contributed by atoms with Crippen LogP contribution in [0, 0.1) is 31.1 Å². The van der Waals surface area contributed by atoms with Crippen molar-refractivity contribution in [2.24, 2.45) is 5.92 Å². The smallest absolute Gasteiger partial charge is 0.358 e. The van der Waals surface area contributed by atoms with E-state index in [1.54, 1.807) is 24.8 Å². The molecule has 1 N–H and O–H groups in total. The van der Waals surface area contributed by atoms with Crippen LogP contribution in [0.2, 0.25) is 0 Å². The van der Waals surface area contributed by atoms with E-state index in [9.17, 15) is 4.79 Å². The molecule has 0 fully saturated rings. The Hall–Kier alpha value is -2.46. The number of esters is 1. The van der Waals surface area contributed by atoms with Crippen LogP contribution >= 0.6 is 11.8 Å². The van der Waals surface area contributed by atoms with E-state index in [1.165, 1.54) is 0 Å². The Kier molecular flexibility index (Phi) is 7.74. The summed E-state index contributed by atoms with van der Waals surface area (Å²) in [5.74, 6) is 2.42. The number of aromatic nitrogens is 2. The minimum atomic E-state index is -0.403. The zero-order valence-electron chi connectivity index (χ0n) is 16.2. The van der Waals surface area contributed by atoms with Crippen LogP contribution < -0.4 is 4.74 Å². The Morgan fingerprint density at radius 2 is 2.04 bits per heavy atom. The molecule has 7 heteroatoms. The van der Waals surface area contributed by atoms with Gasteiger partial charge in [0.25, 0.3) is 0 Å². The predicted octanol–water partition coefficient (Wildman–Crippen LogP) is 4.02. The van der Waals surface area contributed by atoms with Gasteiger partial charge in [0, 0.05) is 11.4 Å². The van der Waals surface area contributed by atoms with Crippen LogP contribution in [0.15, 0.2) is 18.2 Å². The summed E-state index contributed by atoms with van der Waals surface area (Å²) in [7, 11) is 0. The molecule has 144 valence electrons. The minimum absolute atomic E-state index is 0.315. The first-order valence-electron chi connectivity index (χ1n) is 8.87. The summed E-state index contributed by atoms with van der Waals surface area (Å²) in [5.41, 5.74) is 3.80. The number of rotatable bonds is 9. The maximum Gasteiger partial charge on any atom is 0.358 e. The summed E-state index contributed by atoms with van der Waals surface area (Å²) < 4.78 is 10.8. The first-order valence-corrected chi connectivity index (χ1v) is 10.0. The van der Waals surface area contributed by atoms with Gasteiger partial charge in [-0.3, -0.25) is 5.10 Å². The van der Waals surface area contributed by atoms with Crippen molar-refractivity contribution in [1.29, 1.82) is 5.26 Å². The predicted molar refractivity (Wildman–Crippen MR) is 106 cm³/mol. The van der Waals surface area contributed by atoms with Gasteiger partial charge in [-0.1, -0.05) is 6.92 Å². The topological polar surface area (TPSA) is 88.0 Å². The highest BCUT2D eigenvalue weighted by Crippen LogP contribution is 2.22. The third kappa shape index (κ3) is 6.04. The van der Waals surface area contributed by atoms with Crippen molar-refractivity contribution in [1.82, 2.24) is 10.2 Å². The number of hydrogen-bond acceptors (Lipinski definition) is 6. The molecule has 27 heavy (non-hydrogen) atoms. The second-order valence-electron chi connectivity index (χ2n) is 6.47. The molecule has 0 amide bonds. The van der Waals surface area contributed by atoms with Crippen LogP contribution in [0.1, 0.15) is 46.7 Å². The maximum atomic E-state index is 11.6. The summed E-state index contributed by atoms with van der Waals surface area (Å²) in [5, 5.41) is 16.0. The molecule has 2 aromatic rings. The Balaban J connectivity index is 1.76. The van der Waals surface area contributed by atoms with Gasteiger partial charge in [0.15, 0.2) is 5.69 Å². The molecular weight excluding hydrogens is 362 g/mol. The minimum Gasteiger partial charge on any atom is -0.493 e. The summed E-state index contributed by atoms with van der Waals surface area (Å²) in [6.07, 6.45) is 0. The van der Waals surface area contributed by atoms with Gasteiger partial charge in [-0.05, 0) is 61.8 Å². The molecular formula is C20H25N3O3S. The van der Waals surface area contributed by atoms with Gasteiger partial charge in [-0.25, -0.2) is 4.79 Å². The molecule has 1 unspecified atom stereocenters. The highest BCUT2D eigenvalue weighted by Gasteiger charge is 2.12. The molecule has 1 aromatic heterocycles. The number of benzene rings is 1. The number of nitrogens with one attached hydrogen (secondary N) is 1. The fourth-order valence-corrected chi connectivity index (χ4v) is 3.57. The average Bonchev–Trinajstić information content (AvgIpc) is 3.09.